The Bertz CT molecular complexity index is 1950. The van der Waals surface area contributed by atoms with Crippen molar-refractivity contribution in [2.24, 2.45) is 0 Å². The van der Waals surface area contributed by atoms with Crippen molar-refractivity contribution in [1.82, 2.24) is 10.2 Å². The fraction of sp³-hybridized carbons (Fsp3) is 0.297. The van der Waals surface area contributed by atoms with Crippen molar-refractivity contribution in [2.45, 2.75) is 68.2 Å². The van der Waals surface area contributed by atoms with Crippen LogP contribution in [-0.4, -0.2) is 43.8 Å². The second-order valence-electron chi connectivity index (χ2n) is 12.3. The maximum atomic E-state index is 14.7. The SMILES string of the molecule is O=C(NC1CCCCC1)C(Cc1ccccc1)N(Cc1ccc(Cl)c(Cl)c1)C(=O)CN(c1ccc(Cl)c(C(F)(F)F)c1)S(=O)(=O)c1ccccc1. The van der Waals surface area contributed by atoms with Gasteiger partial charge < -0.3 is 10.2 Å². The van der Waals surface area contributed by atoms with Crippen LogP contribution in [0.25, 0.3) is 0 Å². The lowest BCUT2D eigenvalue weighted by Gasteiger charge is -2.35. The molecule has 51 heavy (non-hydrogen) atoms. The van der Waals surface area contributed by atoms with Crippen molar-refractivity contribution in [3.05, 3.63) is 129 Å². The van der Waals surface area contributed by atoms with E-state index in [1.54, 1.807) is 36.4 Å². The van der Waals surface area contributed by atoms with Crippen molar-refractivity contribution in [3.63, 3.8) is 0 Å². The average Bonchev–Trinajstić information content (AvgIpc) is 3.11. The number of halogens is 6. The Morgan fingerprint density at radius 1 is 0.784 bits per heavy atom. The van der Waals surface area contributed by atoms with Gasteiger partial charge in [-0.05, 0) is 66.4 Å². The molecule has 0 spiro atoms. The second kappa shape index (κ2) is 16.7. The lowest BCUT2D eigenvalue weighted by atomic mass is 9.94. The van der Waals surface area contributed by atoms with Gasteiger partial charge in [-0.3, -0.25) is 13.9 Å². The number of carbonyl (C=O) groups excluding carboxylic acids is 2. The minimum absolute atomic E-state index is 0.0665. The molecule has 1 unspecified atom stereocenters. The molecule has 1 aliphatic carbocycles. The molecule has 270 valence electrons. The standard InChI is InChI=1S/C37H35Cl3F3N3O4S/c38-31-19-17-28(22-30(31)37(41,42)43)46(51(49,50)29-14-8-3-9-15-29)24-35(47)45(23-26-16-18-32(39)33(40)20-26)34(21-25-10-4-1-5-11-25)36(48)44-27-12-6-2-7-13-27/h1,3-5,8-11,14-20,22,27,34H,2,6-7,12-13,21,23-24H2,(H,44,48). The molecule has 1 aliphatic rings. The maximum Gasteiger partial charge on any atom is 0.417 e. The van der Waals surface area contributed by atoms with E-state index in [0.717, 1.165) is 49.8 Å². The average molecular weight is 781 g/mol. The topological polar surface area (TPSA) is 86.8 Å². The van der Waals surface area contributed by atoms with Gasteiger partial charge in [0.05, 0.1) is 31.2 Å². The zero-order valence-corrected chi connectivity index (χ0v) is 30.3. The quantitative estimate of drug-likeness (QED) is 0.156. The van der Waals surface area contributed by atoms with E-state index in [9.17, 15) is 31.2 Å². The monoisotopic (exact) mass is 779 g/mol. The summed E-state index contributed by atoms with van der Waals surface area (Å²) in [5, 5.41) is 2.92. The van der Waals surface area contributed by atoms with Crippen LogP contribution < -0.4 is 9.62 Å². The van der Waals surface area contributed by atoms with Crippen LogP contribution in [0.3, 0.4) is 0 Å². The lowest BCUT2D eigenvalue weighted by molar-refractivity contribution is -0.140. The smallest absolute Gasteiger partial charge is 0.352 e. The summed E-state index contributed by atoms with van der Waals surface area (Å²) < 4.78 is 71.0. The van der Waals surface area contributed by atoms with Gasteiger partial charge in [-0.2, -0.15) is 13.2 Å². The van der Waals surface area contributed by atoms with Gasteiger partial charge in [0.1, 0.15) is 12.6 Å². The molecule has 1 atom stereocenters. The largest absolute Gasteiger partial charge is 0.417 e. The summed E-state index contributed by atoms with van der Waals surface area (Å²) in [6, 6.07) is 22.1. The van der Waals surface area contributed by atoms with E-state index < -0.39 is 56.9 Å². The van der Waals surface area contributed by atoms with Crippen LogP contribution in [-0.2, 0) is 38.8 Å². The zero-order valence-electron chi connectivity index (χ0n) is 27.3. The number of sulfonamides is 1. The molecule has 1 N–H and O–H groups in total. The Balaban J connectivity index is 1.62. The Morgan fingerprint density at radius 2 is 1.41 bits per heavy atom. The van der Waals surface area contributed by atoms with Crippen LogP contribution in [0, 0.1) is 0 Å². The molecule has 5 rings (SSSR count). The molecule has 0 aliphatic heterocycles. The van der Waals surface area contributed by atoms with E-state index in [2.05, 4.69) is 5.32 Å². The molecule has 0 radical (unpaired) electrons. The van der Waals surface area contributed by atoms with Crippen LogP contribution in [0.15, 0.2) is 102 Å². The van der Waals surface area contributed by atoms with Crippen LogP contribution >= 0.6 is 34.8 Å². The lowest BCUT2D eigenvalue weighted by Crippen LogP contribution is -2.55. The zero-order chi connectivity index (χ0) is 36.8. The number of nitrogens with zero attached hydrogens (tertiary/aromatic N) is 2. The molecule has 7 nitrogen and oxygen atoms in total. The number of alkyl halides is 3. The van der Waals surface area contributed by atoms with Gasteiger partial charge in [0.15, 0.2) is 0 Å². The first kappa shape index (κ1) is 38.5. The first-order valence-corrected chi connectivity index (χ1v) is 18.8. The summed E-state index contributed by atoms with van der Waals surface area (Å²) in [5.74, 6) is -1.29. The second-order valence-corrected chi connectivity index (χ2v) is 15.4. The first-order valence-electron chi connectivity index (χ1n) is 16.3. The molecule has 0 bridgehead atoms. The Kier molecular flexibility index (Phi) is 12.6. The molecule has 0 heterocycles. The van der Waals surface area contributed by atoms with Crippen molar-refractivity contribution < 1.29 is 31.2 Å². The van der Waals surface area contributed by atoms with Gasteiger partial charge in [0.2, 0.25) is 11.8 Å². The predicted octanol–water partition coefficient (Wildman–Crippen LogP) is 8.95. The molecule has 0 saturated heterocycles. The number of hydrogen-bond acceptors (Lipinski definition) is 4. The van der Waals surface area contributed by atoms with Crippen LogP contribution in [0.5, 0.6) is 0 Å². The van der Waals surface area contributed by atoms with Crippen molar-refractivity contribution >= 4 is 62.3 Å². The number of anilines is 1. The Morgan fingerprint density at radius 3 is 2.04 bits per heavy atom. The predicted molar refractivity (Wildman–Crippen MR) is 193 cm³/mol. The number of amides is 2. The van der Waals surface area contributed by atoms with Crippen LogP contribution in [0.4, 0.5) is 18.9 Å². The summed E-state index contributed by atoms with van der Waals surface area (Å²) in [6.45, 7) is -1.14. The number of carbonyl (C=O) groups is 2. The highest BCUT2D eigenvalue weighted by molar-refractivity contribution is 7.92. The normalized spacial score (nSPS) is 14.5. The highest BCUT2D eigenvalue weighted by Crippen LogP contribution is 2.38. The number of benzene rings is 4. The van der Waals surface area contributed by atoms with Crippen molar-refractivity contribution in [3.8, 4) is 0 Å². The summed E-state index contributed by atoms with van der Waals surface area (Å²) in [7, 11) is -4.63. The van der Waals surface area contributed by atoms with Crippen LogP contribution in [0.1, 0.15) is 48.8 Å². The van der Waals surface area contributed by atoms with Crippen molar-refractivity contribution in [1.29, 1.82) is 0 Å². The van der Waals surface area contributed by atoms with Crippen LogP contribution in [0.2, 0.25) is 15.1 Å². The third-order valence-electron chi connectivity index (χ3n) is 8.71. The highest BCUT2D eigenvalue weighted by Gasteiger charge is 2.38. The fourth-order valence-corrected chi connectivity index (χ4v) is 8.04. The molecule has 2 amide bonds. The van der Waals surface area contributed by atoms with Gasteiger partial charge in [-0.15, -0.1) is 0 Å². The van der Waals surface area contributed by atoms with E-state index in [1.807, 2.05) is 6.07 Å². The molecule has 1 saturated carbocycles. The molecule has 4 aromatic rings. The Labute approximate surface area is 310 Å². The fourth-order valence-electron chi connectivity index (χ4n) is 6.07. The maximum absolute atomic E-state index is 14.7. The third-order valence-corrected chi connectivity index (χ3v) is 11.6. The molecule has 4 aromatic carbocycles. The highest BCUT2D eigenvalue weighted by atomic mass is 35.5. The first-order chi connectivity index (χ1) is 24.2. The number of rotatable bonds is 12. The van der Waals surface area contributed by atoms with Gasteiger partial charge in [0.25, 0.3) is 10.0 Å². The molecular formula is C37H35Cl3F3N3O4S. The Hall–Kier alpha value is -3.77. The van der Waals surface area contributed by atoms with E-state index in [-0.39, 0.29) is 33.9 Å². The molecule has 14 heteroatoms. The molecular weight excluding hydrogens is 746 g/mol. The number of hydrogen-bond donors (Lipinski definition) is 1. The van der Waals surface area contributed by atoms with Crippen molar-refractivity contribution in [2.75, 3.05) is 10.8 Å². The summed E-state index contributed by atoms with van der Waals surface area (Å²) in [5.41, 5.74) is -0.493. The summed E-state index contributed by atoms with van der Waals surface area (Å²) in [6.07, 6.45) is -0.388. The minimum atomic E-state index is -4.92. The van der Waals surface area contributed by atoms with Gasteiger partial charge in [-0.25, -0.2) is 8.42 Å². The molecule has 1 fully saturated rings. The van der Waals surface area contributed by atoms with Gasteiger partial charge >= 0.3 is 6.18 Å². The van der Waals surface area contributed by atoms with E-state index in [4.69, 9.17) is 34.8 Å². The van der Waals surface area contributed by atoms with E-state index in [1.165, 1.54) is 41.3 Å². The minimum Gasteiger partial charge on any atom is -0.352 e. The third kappa shape index (κ3) is 9.77. The summed E-state index contributed by atoms with van der Waals surface area (Å²) in [4.78, 5) is 29.9. The summed E-state index contributed by atoms with van der Waals surface area (Å²) >= 11 is 18.4. The van der Waals surface area contributed by atoms with Gasteiger partial charge in [-0.1, -0.05) is 109 Å². The van der Waals surface area contributed by atoms with Gasteiger partial charge in [0, 0.05) is 19.0 Å². The number of nitrogens with one attached hydrogen (secondary N) is 1. The molecule has 0 aromatic heterocycles. The van der Waals surface area contributed by atoms with E-state index in [0.29, 0.717) is 15.9 Å². The van der Waals surface area contributed by atoms with E-state index >= 15 is 0 Å².